The lowest BCUT2D eigenvalue weighted by molar-refractivity contribution is 0.303. The number of nitrogens with zero attached hydrogens (tertiary/aromatic N) is 2. The highest BCUT2D eigenvalue weighted by Crippen LogP contribution is 2.07. The number of pyridine rings is 1. The molecule has 1 aromatic heterocycles. The second-order valence-electron chi connectivity index (χ2n) is 2.63. The van der Waals surface area contributed by atoms with Gasteiger partial charge in [-0.05, 0) is 18.1 Å². The van der Waals surface area contributed by atoms with Gasteiger partial charge >= 0.3 is 0 Å². The van der Waals surface area contributed by atoms with Gasteiger partial charge in [-0.2, -0.15) is 5.26 Å². The van der Waals surface area contributed by atoms with Gasteiger partial charge in [0.2, 0.25) is 0 Å². The predicted octanol–water partition coefficient (Wildman–Crippen LogP) is 1.49. The van der Waals surface area contributed by atoms with E-state index in [2.05, 4.69) is 4.98 Å². The van der Waals surface area contributed by atoms with Crippen molar-refractivity contribution in [2.75, 3.05) is 6.61 Å². The third-order valence-corrected chi connectivity index (χ3v) is 1.57. The molecule has 1 N–H and O–H groups in total. The van der Waals surface area contributed by atoms with Crippen molar-refractivity contribution in [1.29, 1.82) is 5.26 Å². The van der Waals surface area contributed by atoms with Crippen LogP contribution in [0.3, 0.4) is 0 Å². The number of aliphatic hydroxyl groups is 1. The molecule has 1 aromatic rings. The summed E-state index contributed by atoms with van der Waals surface area (Å²) in [6, 6.07) is 2.88. The zero-order valence-corrected chi connectivity index (χ0v) is 7.44. The second kappa shape index (κ2) is 5.10. The Balaban J connectivity index is 2.82. The van der Waals surface area contributed by atoms with Crippen LogP contribution in [0.2, 0.25) is 0 Å². The molecule has 72 valence electrons. The van der Waals surface area contributed by atoms with Crippen LogP contribution in [0.15, 0.2) is 18.3 Å². The van der Waals surface area contributed by atoms with Gasteiger partial charge in [0.25, 0.3) is 0 Å². The molecule has 0 aliphatic rings. The molecule has 0 bridgehead atoms. The summed E-state index contributed by atoms with van der Waals surface area (Å²) >= 11 is 0. The van der Waals surface area contributed by atoms with E-state index in [9.17, 15) is 4.39 Å². The number of hydrogen-bond donors (Lipinski definition) is 1. The van der Waals surface area contributed by atoms with Crippen molar-refractivity contribution in [3.63, 3.8) is 0 Å². The molecule has 0 unspecified atom stereocenters. The normalized spacial score (nSPS) is 10.4. The van der Waals surface area contributed by atoms with Gasteiger partial charge in [0.05, 0.1) is 0 Å². The van der Waals surface area contributed by atoms with E-state index in [4.69, 9.17) is 10.4 Å². The number of rotatable bonds is 3. The predicted molar refractivity (Wildman–Crippen MR) is 49.6 cm³/mol. The van der Waals surface area contributed by atoms with Crippen molar-refractivity contribution in [2.24, 2.45) is 0 Å². The van der Waals surface area contributed by atoms with Crippen molar-refractivity contribution in [2.45, 2.75) is 6.42 Å². The topological polar surface area (TPSA) is 56.9 Å². The van der Waals surface area contributed by atoms with E-state index in [1.165, 1.54) is 12.3 Å². The minimum atomic E-state index is -0.626. The summed E-state index contributed by atoms with van der Waals surface area (Å²) in [6.07, 6.45) is 5.28. The molecule has 0 saturated heterocycles. The molecule has 1 rings (SSSR count). The van der Waals surface area contributed by atoms with Crippen LogP contribution >= 0.6 is 0 Å². The Morgan fingerprint density at radius 1 is 1.64 bits per heavy atom. The van der Waals surface area contributed by atoms with E-state index in [1.54, 1.807) is 18.2 Å². The molecule has 0 spiro atoms. The standard InChI is InChI=1S/C10H9FN2O/c11-9-5-8(3-1-2-4-14)7-13-10(9)6-12/h1,3,5,7,14H,2,4H2. The van der Waals surface area contributed by atoms with E-state index in [0.717, 1.165) is 0 Å². The zero-order chi connectivity index (χ0) is 10.4. The summed E-state index contributed by atoms with van der Waals surface area (Å²) in [5.74, 6) is -0.626. The lowest BCUT2D eigenvalue weighted by Crippen LogP contribution is -1.89. The quantitative estimate of drug-likeness (QED) is 0.789. The summed E-state index contributed by atoms with van der Waals surface area (Å²) in [6.45, 7) is 0.0582. The molecule has 1 heterocycles. The fraction of sp³-hybridized carbons (Fsp3) is 0.200. The summed E-state index contributed by atoms with van der Waals surface area (Å²) in [5, 5.41) is 16.9. The van der Waals surface area contributed by atoms with E-state index < -0.39 is 5.82 Å². The highest BCUT2D eigenvalue weighted by atomic mass is 19.1. The van der Waals surface area contributed by atoms with Gasteiger partial charge in [0.15, 0.2) is 11.5 Å². The minimum absolute atomic E-state index is 0.0582. The first kappa shape index (κ1) is 10.4. The number of aromatic nitrogens is 1. The molecule has 0 fully saturated rings. The van der Waals surface area contributed by atoms with E-state index in [1.807, 2.05) is 0 Å². The Kier molecular flexibility index (Phi) is 3.77. The van der Waals surface area contributed by atoms with Crippen LogP contribution < -0.4 is 0 Å². The van der Waals surface area contributed by atoms with E-state index >= 15 is 0 Å². The van der Waals surface area contributed by atoms with Crippen molar-refractivity contribution >= 4 is 6.08 Å². The summed E-state index contributed by atoms with van der Waals surface area (Å²) in [4.78, 5) is 3.63. The molecule has 0 atom stereocenters. The summed E-state index contributed by atoms with van der Waals surface area (Å²) in [7, 11) is 0. The number of halogens is 1. The zero-order valence-electron chi connectivity index (χ0n) is 7.44. The maximum Gasteiger partial charge on any atom is 0.176 e. The molecule has 0 aromatic carbocycles. The lowest BCUT2D eigenvalue weighted by atomic mass is 10.2. The maximum absolute atomic E-state index is 13.0. The molecule has 0 amide bonds. The molecule has 3 nitrogen and oxygen atoms in total. The Morgan fingerprint density at radius 2 is 2.43 bits per heavy atom. The molecular weight excluding hydrogens is 183 g/mol. The number of nitriles is 1. The smallest absolute Gasteiger partial charge is 0.176 e. The number of hydrogen-bond acceptors (Lipinski definition) is 3. The van der Waals surface area contributed by atoms with Gasteiger partial charge in [-0.15, -0.1) is 0 Å². The molecule has 0 aliphatic carbocycles. The fourth-order valence-corrected chi connectivity index (χ4v) is 0.920. The Labute approximate surface area is 81.1 Å². The second-order valence-corrected chi connectivity index (χ2v) is 2.63. The van der Waals surface area contributed by atoms with Gasteiger partial charge in [0, 0.05) is 12.8 Å². The Morgan fingerprint density at radius 3 is 3.00 bits per heavy atom. The fourth-order valence-electron chi connectivity index (χ4n) is 0.920. The van der Waals surface area contributed by atoms with Gasteiger partial charge in [0.1, 0.15) is 6.07 Å². The van der Waals surface area contributed by atoms with Crippen molar-refractivity contribution in [1.82, 2.24) is 4.98 Å². The first-order chi connectivity index (χ1) is 6.77. The van der Waals surface area contributed by atoms with E-state index in [0.29, 0.717) is 12.0 Å². The van der Waals surface area contributed by atoms with Crippen molar-refractivity contribution in [3.05, 3.63) is 35.4 Å². The molecule has 14 heavy (non-hydrogen) atoms. The van der Waals surface area contributed by atoms with Crippen LogP contribution in [0.1, 0.15) is 17.7 Å². The molecule has 0 saturated carbocycles. The molecule has 0 aliphatic heterocycles. The highest BCUT2D eigenvalue weighted by Gasteiger charge is 2.01. The highest BCUT2D eigenvalue weighted by molar-refractivity contribution is 5.48. The summed E-state index contributed by atoms with van der Waals surface area (Å²) in [5.41, 5.74) is 0.374. The van der Waals surface area contributed by atoms with Gasteiger partial charge in [-0.3, -0.25) is 0 Å². The monoisotopic (exact) mass is 192 g/mol. The van der Waals surface area contributed by atoms with Gasteiger partial charge in [-0.25, -0.2) is 9.37 Å². The van der Waals surface area contributed by atoms with Crippen LogP contribution in [0, 0.1) is 17.1 Å². The molecule has 0 radical (unpaired) electrons. The van der Waals surface area contributed by atoms with Crippen LogP contribution in [-0.2, 0) is 0 Å². The van der Waals surface area contributed by atoms with Crippen molar-refractivity contribution in [3.8, 4) is 6.07 Å². The lowest BCUT2D eigenvalue weighted by Gasteiger charge is -1.94. The Bertz CT molecular complexity index is 382. The maximum atomic E-state index is 13.0. The number of aliphatic hydroxyl groups excluding tert-OH is 1. The first-order valence-electron chi connectivity index (χ1n) is 4.11. The SMILES string of the molecule is N#Cc1ncc(C=CCCO)cc1F. The average molecular weight is 192 g/mol. The largest absolute Gasteiger partial charge is 0.396 e. The van der Waals surface area contributed by atoms with Crippen LogP contribution in [-0.4, -0.2) is 16.7 Å². The third kappa shape index (κ3) is 2.64. The van der Waals surface area contributed by atoms with Gasteiger partial charge < -0.3 is 5.11 Å². The minimum Gasteiger partial charge on any atom is -0.396 e. The Hall–Kier alpha value is -1.73. The van der Waals surface area contributed by atoms with Crippen LogP contribution in [0.25, 0.3) is 6.08 Å². The van der Waals surface area contributed by atoms with Crippen molar-refractivity contribution < 1.29 is 9.50 Å². The first-order valence-corrected chi connectivity index (χ1v) is 4.11. The van der Waals surface area contributed by atoms with Crippen LogP contribution in [0.5, 0.6) is 0 Å². The molecular formula is C10H9FN2O. The van der Waals surface area contributed by atoms with Crippen LogP contribution in [0.4, 0.5) is 4.39 Å². The third-order valence-electron chi connectivity index (χ3n) is 1.57. The van der Waals surface area contributed by atoms with E-state index in [-0.39, 0.29) is 12.3 Å². The molecule has 4 heteroatoms. The van der Waals surface area contributed by atoms with Gasteiger partial charge in [-0.1, -0.05) is 12.2 Å². The average Bonchev–Trinajstić information content (AvgIpc) is 2.18. The summed E-state index contributed by atoms with van der Waals surface area (Å²) < 4.78 is 13.0.